The molecule has 0 spiro atoms. The summed E-state index contributed by atoms with van der Waals surface area (Å²) in [5.74, 6) is 0.407. The van der Waals surface area contributed by atoms with E-state index >= 15 is 0 Å². The lowest BCUT2D eigenvalue weighted by molar-refractivity contribution is -0.137. The van der Waals surface area contributed by atoms with Crippen molar-refractivity contribution in [2.45, 2.75) is 32.5 Å². The Morgan fingerprint density at radius 2 is 1.75 bits per heavy atom. The third-order valence-corrected chi connectivity index (χ3v) is 4.30. The fourth-order valence-electron chi connectivity index (χ4n) is 2.90. The summed E-state index contributed by atoms with van der Waals surface area (Å²) in [6.45, 7) is 7.62. The Morgan fingerprint density at radius 3 is 2.25 bits per heavy atom. The second-order valence-corrected chi connectivity index (χ2v) is 6.58. The van der Waals surface area contributed by atoms with E-state index in [4.69, 9.17) is 11.6 Å². The van der Waals surface area contributed by atoms with E-state index in [1.54, 1.807) is 6.07 Å². The Kier molecular flexibility index (Phi) is 9.99. The van der Waals surface area contributed by atoms with Crippen LogP contribution in [0, 0.1) is 5.92 Å². The molecule has 140 valence electrons. The molecule has 24 heavy (non-hydrogen) atoms. The molecule has 1 atom stereocenters. The molecule has 1 N–H and O–H groups in total. The molecule has 1 heterocycles. The topological polar surface area (TPSA) is 15.3 Å². The molecule has 1 aromatic rings. The van der Waals surface area contributed by atoms with Gasteiger partial charge in [0.2, 0.25) is 0 Å². The number of alkyl halides is 3. The van der Waals surface area contributed by atoms with Crippen molar-refractivity contribution >= 4 is 36.4 Å². The Labute approximate surface area is 158 Å². The Hall–Kier alpha value is -0.200. The standard InChI is InChI=1S/C16H22ClF3N2.2ClH/c1-11(2)9-15(22-7-5-21-6-8-22)12-3-4-14(17)13(10-12)16(18,19)20;;/h3-4,10-11,15,21H,5-9H2,1-2H3;2*1H/t15-;;/m0../s1. The maximum Gasteiger partial charge on any atom is 0.417 e. The lowest BCUT2D eigenvalue weighted by Crippen LogP contribution is -2.45. The second kappa shape index (κ2) is 10.1. The zero-order valence-electron chi connectivity index (χ0n) is 13.7. The van der Waals surface area contributed by atoms with Crippen molar-refractivity contribution in [1.82, 2.24) is 10.2 Å². The minimum Gasteiger partial charge on any atom is -0.314 e. The lowest BCUT2D eigenvalue weighted by Gasteiger charge is -2.36. The van der Waals surface area contributed by atoms with E-state index in [1.807, 2.05) is 0 Å². The van der Waals surface area contributed by atoms with Crippen LogP contribution in [0.1, 0.15) is 37.4 Å². The summed E-state index contributed by atoms with van der Waals surface area (Å²) in [6, 6.07) is 4.32. The Bertz CT molecular complexity index is 504. The molecule has 1 aliphatic heterocycles. The first-order valence-corrected chi connectivity index (χ1v) is 7.98. The van der Waals surface area contributed by atoms with Gasteiger partial charge in [-0.3, -0.25) is 4.90 Å². The molecule has 0 amide bonds. The first-order valence-electron chi connectivity index (χ1n) is 7.60. The van der Waals surface area contributed by atoms with Gasteiger partial charge in [-0.05, 0) is 30.0 Å². The van der Waals surface area contributed by atoms with Gasteiger partial charge in [0, 0.05) is 32.2 Å². The summed E-state index contributed by atoms with van der Waals surface area (Å²) < 4.78 is 39.3. The highest BCUT2D eigenvalue weighted by Crippen LogP contribution is 2.38. The van der Waals surface area contributed by atoms with Crippen LogP contribution >= 0.6 is 36.4 Å². The van der Waals surface area contributed by atoms with Crippen LogP contribution in [-0.4, -0.2) is 31.1 Å². The van der Waals surface area contributed by atoms with E-state index in [2.05, 4.69) is 24.1 Å². The van der Waals surface area contributed by atoms with Gasteiger partial charge < -0.3 is 5.32 Å². The van der Waals surface area contributed by atoms with Crippen molar-refractivity contribution < 1.29 is 13.2 Å². The summed E-state index contributed by atoms with van der Waals surface area (Å²) in [5.41, 5.74) is -0.0390. The van der Waals surface area contributed by atoms with E-state index in [0.717, 1.165) is 32.6 Å². The van der Waals surface area contributed by atoms with E-state index in [0.29, 0.717) is 11.5 Å². The molecule has 2 rings (SSSR count). The molecule has 0 aliphatic carbocycles. The number of nitrogens with one attached hydrogen (secondary N) is 1. The number of rotatable bonds is 4. The normalized spacial score (nSPS) is 17.1. The molecule has 8 heteroatoms. The number of hydrogen-bond donors (Lipinski definition) is 1. The van der Waals surface area contributed by atoms with Crippen molar-refractivity contribution in [2.24, 2.45) is 5.92 Å². The molecule has 0 radical (unpaired) electrons. The predicted octanol–water partition coefficient (Wildman–Crippen LogP) is 5.19. The molecule has 1 fully saturated rings. The molecule has 1 aromatic carbocycles. The Morgan fingerprint density at radius 1 is 1.17 bits per heavy atom. The van der Waals surface area contributed by atoms with Gasteiger partial charge in [0.05, 0.1) is 10.6 Å². The molecule has 0 aromatic heterocycles. The fraction of sp³-hybridized carbons (Fsp3) is 0.625. The Balaban J connectivity index is 0.00000264. The van der Waals surface area contributed by atoms with Crippen LogP contribution in [0.3, 0.4) is 0 Å². The highest BCUT2D eigenvalue weighted by atomic mass is 35.5. The van der Waals surface area contributed by atoms with Crippen LogP contribution in [0.15, 0.2) is 18.2 Å². The van der Waals surface area contributed by atoms with Crippen LogP contribution < -0.4 is 5.32 Å². The smallest absolute Gasteiger partial charge is 0.314 e. The van der Waals surface area contributed by atoms with Crippen LogP contribution in [0.4, 0.5) is 13.2 Å². The van der Waals surface area contributed by atoms with Crippen LogP contribution in [-0.2, 0) is 6.18 Å². The van der Waals surface area contributed by atoms with E-state index < -0.39 is 11.7 Å². The zero-order chi connectivity index (χ0) is 16.3. The third-order valence-electron chi connectivity index (χ3n) is 3.97. The first-order chi connectivity index (χ1) is 10.3. The number of piperazine rings is 1. The molecular weight excluding hydrogens is 384 g/mol. The summed E-state index contributed by atoms with van der Waals surface area (Å²) in [6.07, 6.45) is -3.59. The van der Waals surface area contributed by atoms with E-state index in [9.17, 15) is 13.2 Å². The quantitative estimate of drug-likeness (QED) is 0.738. The molecule has 1 saturated heterocycles. The fourth-order valence-corrected chi connectivity index (χ4v) is 3.13. The maximum absolute atomic E-state index is 13.1. The number of hydrogen-bond acceptors (Lipinski definition) is 2. The molecule has 0 bridgehead atoms. The highest BCUT2D eigenvalue weighted by molar-refractivity contribution is 6.31. The summed E-state index contributed by atoms with van der Waals surface area (Å²) in [5, 5.41) is 3.04. The van der Waals surface area contributed by atoms with Crippen LogP contribution in [0.25, 0.3) is 0 Å². The number of halogens is 6. The van der Waals surface area contributed by atoms with Crippen molar-refractivity contribution in [3.8, 4) is 0 Å². The minimum absolute atomic E-state index is 0. The van der Waals surface area contributed by atoms with Gasteiger partial charge in [-0.2, -0.15) is 13.2 Å². The maximum atomic E-state index is 13.1. The van der Waals surface area contributed by atoms with Gasteiger partial charge in [0.1, 0.15) is 0 Å². The summed E-state index contributed by atoms with van der Waals surface area (Å²) in [4.78, 5) is 2.26. The molecular formula is C16H24Cl3F3N2. The van der Waals surface area contributed by atoms with Crippen molar-refractivity contribution in [2.75, 3.05) is 26.2 Å². The lowest BCUT2D eigenvalue weighted by atomic mass is 9.93. The second-order valence-electron chi connectivity index (χ2n) is 6.17. The third kappa shape index (κ3) is 6.26. The monoisotopic (exact) mass is 406 g/mol. The average molecular weight is 408 g/mol. The summed E-state index contributed by atoms with van der Waals surface area (Å²) in [7, 11) is 0. The van der Waals surface area contributed by atoms with Crippen molar-refractivity contribution in [3.05, 3.63) is 34.3 Å². The molecule has 0 unspecified atom stereocenters. The zero-order valence-corrected chi connectivity index (χ0v) is 16.1. The van der Waals surface area contributed by atoms with E-state index in [-0.39, 0.29) is 35.9 Å². The van der Waals surface area contributed by atoms with Gasteiger partial charge in [-0.25, -0.2) is 0 Å². The van der Waals surface area contributed by atoms with Gasteiger partial charge in [-0.15, -0.1) is 24.8 Å². The first kappa shape index (κ1) is 23.8. The van der Waals surface area contributed by atoms with Crippen molar-refractivity contribution in [3.63, 3.8) is 0 Å². The van der Waals surface area contributed by atoms with Gasteiger partial charge >= 0.3 is 6.18 Å². The molecule has 2 nitrogen and oxygen atoms in total. The highest BCUT2D eigenvalue weighted by Gasteiger charge is 2.34. The van der Waals surface area contributed by atoms with Gasteiger partial charge in [0.25, 0.3) is 0 Å². The van der Waals surface area contributed by atoms with Crippen LogP contribution in [0.2, 0.25) is 5.02 Å². The summed E-state index contributed by atoms with van der Waals surface area (Å²) >= 11 is 5.73. The van der Waals surface area contributed by atoms with Crippen LogP contribution in [0.5, 0.6) is 0 Å². The largest absolute Gasteiger partial charge is 0.417 e. The van der Waals surface area contributed by atoms with E-state index in [1.165, 1.54) is 12.1 Å². The van der Waals surface area contributed by atoms with Gasteiger partial charge in [-0.1, -0.05) is 31.5 Å². The SMILES string of the molecule is CC(C)C[C@@H](c1ccc(Cl)c(C(F)(F)F)c1)N1CCNCC1.Cl.Cl. The predicted molar refractivity (Wildman–Crippen MR) is 97.6 cm³/mol. The number of nitrogens with zero attached hydrogens (tertiary/aromatic N) is 1. The van der Waals surface area contributed by atoms with Crippen molar-refractivity contribution in [1.29, 1.82) is 0 Å². The molecule has 1 aliphatic rings. The minimum atomic E-state index is -4.42. The average Bonchev–Trinajstić information content (AvgIpc) is 2.45. The molecule has 0 saturated carbocycles. The number of benzene rings is 1. The van der Waals surface area contributed by atoms with Gasteiger partial charge in [0.15, 0.2) is 0 Å².